The van der Waals surface area contributed by atoms with Crippen molar-refractivity contribution in [3.8, 4) is 17.5 Å². The van der Waals surface area contributed by atoms with Gasteiger partial charge in [0, 0.05) is 23.6 Å². The second kappa shape index (κ2) is 13.5. The van der Waals surface area contributed by atoms with Gasteiger partial charge in [-0.2, -0.15) is 13.2 Å². The van der Waals surface area contributed by atoms with Gasteiger partial charge in [-0.15, -0.1) is 5.10 Å². The molecule has 13 heteroatoms. The minimum atomic E-state index is -4.70. The van der Waals surface area contributed by atoms with Crippen molar-refractivity contribution in [2.24, 2.45) is 0 Å². The van der Waals surface area contributed by atoms with E-state index in [4.69, 9.17) is 0 Å². The number of para-hydroxylation sites is 1. The molecular weight excluding hydrogens is 616 g/mol. The summed E-state index contributed by atoms with van der Waals surface area (Å²) in [6.45, 7) is 2.12. The normalized spacial score (nSPS) is 15.9. The lowest BCUT2D eigenvalue weighted by Crippen LogP contribution is -2.55. The Kier molecular flexibility index (Phi) is 9.44. The van der Waals surface area contributed by atoms with Crippen molar-refractivity contribution in [2.45, 2.75) is 25.1 Å². The lowest BCUT2D eigenvalue weighted by Gasteiger charge is -2.38. The van der Waals surface area contributed by atoms with Gasteiger partial charge in [-0.25, -0.2) is 9.07 Å². The molecule has 2 atom stereocenters. The summed E-state index contributed by atoms with van der Waals surface area (Å²) in [5, 5.41) is 10.0. The fourth-order valence-electron chi connectivity index (χ4n) is 5.35. The maximum atomic E-state index is 14.3. The van der Waals surface area contributed by atoms with Gasteiger partial charge >= 0.3 is 12.1 Å². The van der Waals surface area contributed by atoms with E-state index in [1.54, 1.807) is 56.3 Å². The Balaban J connectivity index is 1.69. The summed E-state index contributed by atoms with van der Waals surface area (Å²) in [4.78, 5) is 44.0. The van der Waals surface area contributed by atoms with E-state index in [-0.39, 0.29) is 17.9 Å². The fourth-order valence-corrected chi connectivity index (χ4v) is 5.35. The van der Waals surface area contributed by atoms with Crippen LogP contribution in [0, 0.1) is 17.7 Å². The largest absolute Gasteiger partial charge is 0.416 e. The molecule has 242 valence electrons. The number of likely N-dealkylation sites (N-methyl/N-ethyl adjacent to an activating group) is 1. The van der Waals surface area contributed by atoms with Gasteiger partial charge < -0.3 is 5.32 Å². The van der Waals surface area contributed by atoms with Gasteiger partial charge in [0.15, 0.2) is 5.82 Å². The molecule has 0 unspecified atom stereocenters. The van der Waals surface area contributed by atoms with Crippen molar-refractivity contribution in [1.29, 1.82) is 0 Å². The minimum Gasteiger partial charge on any atom is -0.339 e. The molecule has 2 N–H and O–H groups in total. The summed E-state index contributed by atoms with van der Waals surface area (Å²) in [5.41, 5.74) is -0.0911. The number of benzene rings is 3. The minimum absolute atomic E-state index is 0.0339. The van der Waals surface area contributed by atoms with Gasteiger partial charge in [-0.3, -0.25) is 29.5 Å². The number of nitrogens with zero attached hydrogens (tertiary/aromatic N) is 4. The van der Waals surface area contributed by atoms with Crippen LogP contribution in [0.5, 0.6) is 0 Å². The molecule has 1 aromatic heterocycles. The Hall–Kier alpha value is -5.48. The predicted molar refractivity (Wildman–Crippen MR) is 167 cm³/mol. The van der Waals surface area contributed by atoms with E-state index in [1.807, 2.05) is 0 Å². The smallest absolute Gasteiger partial charge is 0.339 e. The molecule has 47 heavy (non-hydrogen) atoms. The number of halogens is 4. The lowest BCUT2D eigenvalue weighted by molar-refractivity contribution is -0.137. The lowest BCUT2D eigenvalue weighted by atomic mass is 9.81. The summed E-state index contributed by atoms with van der Waals surface area (Å²) in [7, 11) is 3.59. The Labute approximate surface area is 268 Å². The van der Waals surface area contributed by atoms with Gasteiger partial charge in [0.05, 0.1) is 17.8 Å². The predicted octanol–water partition coefficient (Wildman–Crippen LogP) is 4.83. The number of nitrogens with one attached hydrogen (secondary N) is 2. The van der Waals surface area contributed by atoms with E-state index in [0.29, 0.717) is 35.2 Å². The van der Waals surface area contributed by atoms with Crippen LogP contribution in [0.4, 0.5) is 29.2 Å². The number of hydrogen-bond acceptors (Lipinski definition) is 5. The Morgan fingerprint density at radius 2 is 1.70 bits per heavy atom. The first-order chi connectivity index (χ1) is 22.4. The van der Waals surface area contributed by atoms with Crippen LogP contribution >= 0.6 is 0 Å². The van der Waals surface area contributed by atoms with E-state index < -0.39 is 47.2 Å². The quantitative estimate of drug-likeness (QED) is 0.222. The second-order valence-corrected chi connectivity index (χ2v) is 11.0. The van der Waals surface area contributed by atoms with E-state index >= 15 is 0 Å². The third kappa shape index (κ3) is 7.02. The Morgan fingerprint density at radius 1 is 1.00 bits per heavy atom. The summed E-state index contributed by atoms with van der Waals surface area (Å²) >= 11 is 0. The first-order valence-electron chi connectivity index (χ1n) is 14.6. The van der Waals surface area contributed by atoms with Gasteiger partial charge in [0.2, 0.25) is 0 Å². The highest BCUT2D eigenvalue weighted by Crippen LogP contribution is 2.45. The van der Waals surface area contributed by atoms with Gasteiger partial charge in [0.1, 0.15) is 17.7 Å². The summed E-state index contributed by atoms with van der Waals surface area (Å²) in [5.74, 6) is 1.77. The number of rotatable bonds is 7. The molecule has 3 amide bonds. The molecule has 3 aromatic carbocycles. The third-order valence-electron chi connectivity index (χ3n) is 7.44. The highest BCUT2D eigenvalue weighted by molar-refractivity contribution is 6.08. The molecule has 0 radical (unpaired) electrons. The molecule has 1 aliphatic heterocycles. The van der Waals surface area contributed by atoms with Crippen molar-refractivity contribution in [3.05, 3.63) is 107 Å². The molecular formula is C34H30F4N6O3. The zero-order valence-electron chi connectivity index (χ0n) is 25.6. The molecule has 9 nitrogen and oxygen atoms in total. The zero-order valence-corrected chi connectivity index (χ0v) is 25.6. The topological polar surface area (TPSA) is 99.6 Å². The number of anilines is 2. The molecule has 0 bridgehead atoms. The third-order valence-corrected chi connectivity index (χ3v) is 7.44. The van der Waals surface area contributed by atoms with E-state index in [1.165, 1.54) is 39.9 Å². The monoisotopic (exact) mass is 646 g/mol. The number of carbonyl (C=O) groups excluding carboxylic acids is 3. The van der Waals surface area contributed by atoms with Crippen LogP contribution in [0.1, 0.15) is 39.9 Å². The Morgan fingerprint density at radius 3 is 2.34 bits per heavy atom. The molecule has 0 saturated carbocycles. The van der Waals surface area contributed by atoms with Gasteiger partial charge in [-0.05, 0) is 75.0 Å². The molecule has 0 fully saturated rings. The highest BCUT2D eigenvalue weighted by atomic mass is 19.4. The maximum Gasteiger partial charge on any atom is 0.416 e. The molecule has 0 aliphatic carbocycles. The number of carbonyl (C=O) groups is 3. The number of aromatic nitrogens is 2. The average molecular weight is 647 g/mol. The average Bonchev–Trinajstić information content (AvgIpc) is 3.40. The van der Waals surface area contributed by atoms with Crippen molar-refractivity contribution in [1.82, 2.24) is 20.0 Å². The van der Waals surface area contributed by atoms with Crippen LogP contribution in [-0.4, -0.2) is 65.6 Å². The SMILES string of the molecule is CCN1C(=O)[C@@H](NC(=O)c2cccc(C(F)(F)F)c2)[C@@H](c2ccc(F)cc2)c2c(NC(=O)C#CCN(C)C)nn(-c3ccccc3)c21. The molecule has 2 heterocycles. The fraction of sp³-hybridized carbons (Fsp3) is 0.235. The molecule has 0 spiro atoms. The number of fused-ring (bicyclic) bond motifs is 1. The first-order valence-corrected chi connectivity index (χ1v) is 14.6. The van der Waals surface area contributed by atoms with Crippen LogP contribution in [0.15, 0.2) is 78.9 Å². The summed E-state index contributed by atoms with van der Waals surface area (Å²) < 4.78 is 56.0. The summed E-state index contributed by atoms with van der Waals surface area (Å²) in [6, 6.07) is 16.5. The molecule has 5 rings (SSSR count). The van der Waals surface area contributed by atoms with E-state index in [0.717, 1.165) is 12.1 Å². The van der Waals surface area contributed by atoms with Crippen molar-refractivity contribution >= 4 is 29.4 Å². The van der Waals surface area contributed by atoms with Crippen LogP contribution < -0.4 is 15.5 Å². The van der Waals surface area contributed by atoms with E-state index in [2.05, 4.69) is 27.6 Å². The van der Waals surface area contributed by atoms with Crippen LogP contribution in [0.25, 0.3) is 5.69 Å². The van der Waals surface area contributed by atoms with Crippen molar-refractivity contribution < 1.29 is 31.9 Å². The number of alkyl halides is 3. The molecule has 4 aromatic rings. The second-order valence-electron chi connectivity index (χ2n) is 11.0. The highest BCUT2D eigenvalue weighted by Gasteiger charge is 2.46. The van der Waals surface area contributed by atoms with Crippen LogP contribution in [0.2, 0.25) is 0 Å². The van der Waals surface area contributed by atoms with Crippen molar-refractivity contribution in [3.63, 3.8) is 0 Å². The Bertz CT molecular complexity index is 1860. The van der Waals surface area contributed by atoms with Crippen LogP contribution in [-0.2, 0) is 15.8 Å². The van der Waals surface area contributed by atoms with Crippen molar-refractivity contribution in [2.75, 3.05) is 37.4 Å². The van der Waals surface area contributed by atoms with E-state index in [9.17, 15) is 31.9 Å². The standard InChI is InChI=1S/C34H30F4N6O3/c1-4-43-32-28(30(39-26(45)14-9-19-42(2)3)41-44(32)25-12-6-5-7-13-25)27(21-15-17-24(35)18-16-21)29(33(43)47)40-31(46)22-10-8-11-23(20-22)34(36,37)38/h5-8,10-13,15-18,20,27,29H,4,19H2,1-3H3,(H,40,46)(H,39,41,45)/t27-,29-/m0/s1. The summed E-state index contributed by atoms with van der Waals surface area (Å²) in [6.07, 6.45) is -4.70. The first kappa shape index (κ1) is 32.9. The van der Waals surface area contributed by atoms with Gasteiger partial charge in [0.25, 0.3) is 11.8 Å². The zero-order chi connectivity index (χ0) is 33.9. The number of hydrogen-bond donors (Lipinski definition) is 2. The molecule has 0 saturated heterocycles. The molecule has 1 aliphatic rings. The van der Waals surface area contributed by atoms with Gasteiger partial charge in [-0.1, -0.05) is 42.3 Å². The maximum absolute atomic E-state index is 14.3. The van der Waals surface area contributed by atoms with Crippen LogP contribution in [0.3, 0.4) is 0 Å². The number of amides is 3.